The van der Waals surface area contributed by atoms with Crippen LogP contribution in [0, 0.1) is 17.3 Å². The number of carbonyl (C=O) groups is 1. The molecule has 1 amide bonds. The molecule has 1 saturated carbocycles. The molecule has 2 aliphatic carbocycles. The van der Waals surface area contributed by atoms with Gasteiger partial charge in [-0.15, -0.1) is 0 Å². The third-order valence-electron chi connectivity index (χ3n) is 6.62. The number of aryl methyl sites for hydroxylation is 1. The third-order valence-corrected chi connectivity index (χ3v) is 6.93. The van der Waals surface area contributed by atoms with Gasteiger partial charge in [-0.3, -0.25) is 9.21 Å². The number of halogens is 1. The van der Waals surface area contributed by atoms with E-state index in [1.165, 1.54) is 28.4 Å². The molecule has 1 aromatic carbocycles. The van der Waals surface area contributed by atoms with Crippen LogP contribution in [-0.4, -0.2) is 24.0 Å². The first-order valence-corrected chi connectivity index (χ1v) is 8.98. The molecule has 2 fully saturated rings. The fourth-order valence-electron chi connectivity index (χ4n) is 5.37. The standard InChI is InChI=1S/C19H24ClNO2/c1-19-8-7-15-14-6-4-13(23-2)9-12(14)3-5-16(15)17(19)10-18(22)21(20)11-19/h4,6,9,15-17H,3,5,7-8,10-11H2,1-2H3/t15?,16-,17?,19-/m1/s1. The lowest BCUT2D eigenvalue weighted by molar-refractivity contribution is -0.139. The Bertz CT molecular complexity index is 646. The maximum atomic E-state index is 12.2. The second-order valence-corrected chi connectivity index (χ2v) is 8.20. The van der Waals surface area contributed by atoms with Crippen LogP contribution in [0.2, 0.25) is 0 Å². The summed E-state index contributed by atoms with van der Waals surface area (Å²) in [7, 11) is 1.73. The minimum Gasteiger partial charge on any atom is -0.497 e. The van der Waals surface area contributed by atoms with Gasteiger partial charge in [-0.05, 0) is 72.1 Å². The van der Waals surface area contributed by atoms with Crippen molar-refractivity contribution in [2.24, 2.45) is 17.3 Å². The topological polar surface area (TPSA) is 29.5 Å². The molecular formula is C19H24ClNO2. The van der Waals surface area contributed by atoms with Crippen LogP contribution in [0.4, 0.5) is 0 Å². The third kappa shape index (κ3) is 2.36. The zero-order valence-corrected chi connectivity index (χ0v) is 14.6. The summed E-state index contributed by atoms with van der Waals surface area (Å²) in [5.74, 6) is 2.74. The first-order chi connectivity index (χ1) is 11.0. The summed E-state index contributed by atoms with van der Waals surface area (Å²) in [5.41, 5.74) is 3.11. The average Bonchev–Trinajstić information content (AvgIpc) is 2.55. The van der Waals surface area contributed by atoms with Crippen LogP contribution in [0.15, 0.2) is 18.2 Å². The number of fused-ring (bicyclic) bond motifs is 5. The fourth-order valence-corrected chi connectivity index (χ4v) is 5.71. The molecule has 1 heterocycles. The van der Waals surface area contributed by atoms with Gasteiger partial charge in [-0.2, -0.15) is 0 Å². The van der Waals surface area contributed by atoms with Gasteiger partial charge in [0.15, 0.2) is 0 Å². The molecule has 0 N–H and O–H groups in total. The van der Waals surface area contributed by atoms with Crippen LogP contribution in [0.25, 0.3) is 0 Å². The van der Waals surface area contributed by atoms with E-state index in [2.05, 4.69) is 25.1 Å². The largest absolute Gasteiger partial charge is 0.497 e. The van der Waals surface area contributed by atoms with Crippen LogP contribution in [0.5, 0.6) is 5.75 Å². The van der Waals surface area contributed by atoms with E-state index in [1.54, 1.807) is 7.11 Å². The zero-order chi connectivity index (χ0) is 16.2. The minimum absolute atomic E-state index is 0.107. The summed E-state index contributed by atoms with van der Waals surface area (Å²) < 4.78 is 6.81. The molecule has 4 rings (SSSR count). The van der Waals surface area contributed by atoms with Crippen LogP contribution in [-0.2, 0) is 11.2 Å². The number of rotatable bonds is 1. The quantitative estimate of drug-likeness (QED) is 0.723. The number of methoxy groups -OCH3 is 1. The van der Waals surface area contributed by atoms with Crippen LogP contribution in [0.3, 0.4) is 0 Å². The molecular weight excluding hydrogens is 310 g/mol. The number of nitrogens with zero attached hydrogens (tertiary/aromatic N) is 1. The van der Waals surface area contributed by atoms with Crippen molar-refractivity contribution in [1.29, 1.82) is 0 Å². The summed E-state index contributed by atoms with van der Waals surface area (Å²) in [6, 6.07) is 6.54. The normalized spacial score (nSPS) is 36.0. The molecule has 124 valence electrons. The molecule has 3 aliphatic rings. The van der Waals surface area contributed by atoms with E-state index in [-0.39, 0.29) is 11.3 Å². The Labute approximate surface area is 143 Å². The van der Waals surface area contributed by atoms with Gasteiger partial charge in [0.1, 0.15) is 5.75 Å². The van der Waals surface area contributed by atoms with Gasteiger partial charge < -0.3 is 4.74 Å². The van der Waals surface area contributed by atoms with Crippen molar-refractivity contribution in [2.75, 3.05) is 13.7 Å². The van der Waals surface area contributed by atoms with Crippen molar-refractivity contribution in [3.05, 3.63) is 29.3 Å². The van der Waals surface area contributed by atoms with E-state index in [4.69, 9.17) is 16.5 Å². The Morgan fingerprint density at radius 1 is 1.35 bits per heavy atom. The maximum Gasteiger partial charge on any atom is 0.237 e. The minimum atomic E-state index is 0.107. The molecule has 0 radical (unpaired) electrons. The summed E-state index contributed by atoms with van der Waals surface area (Å²) in [4.78, 5) is 12.2. The highest BCUT2D eigenvalue weighted by molar-refractivity contribution is 6.21. The SMILES string of the molecule is COc1ccc2c(c1)CC[C@@H]1C2CC[C@]2(C)CN(Cl)C(=O)CC12. The molecule has 1 saturated heterocycles. The summed E-state index contributed by atoms with van der Waals surface area (Å²) in [5, 5.41) is 0. The van der Waals surface area contributed by atoms with Crippen molar-refractivity contribution < 1.29 is 9.53 Å². The second-order valence-electron chi connectivity index (χ2n) is 7.79. The highest BCUT2D eigenvalue weighted by Crippen LogP contribution is 2.57. The molecule has 23 heavy (non-hydrogen) atoms. The van der Waals surface area contributed by atoms with Gasteiger partial charge in [-0.25, -0.2) is 0 Å². The van der Waals surface area contributed by atoms with Gasteiger partial charge in [0.05, 0.1) is 7.11 Å². The first kappa shape index (κ1) is 15.3. The lowest BCUT2D eigenvalue weighted by Crippen LogP contribution is -2.53. The summed E-state index contributed by atoms with van der Waals surface area (Å²) in [6.45, 7) is 3.04. The molecule has 0 spiro atoms. The number of piperidine rings is 1. The van der Waals surface area contributed by atoms with E-state index in [1.807, 2.05) is 0 Å². The number of ether oxygens (including phenoxy) is 1. The van der Waals surface area contributed by atoms with E-state index in [0.29, 0.717) is 30.7 Å². The van der Waals surface area contributed by atoms with Crippen LogP contribution >= 0.6 is 11.8 Å². The fraction of sp³-hybridized carbons (Fsp3) is 0.632. The molecule has 0 aromatic heterocycles. The highest BCUT2D eigenvalue weighted by Gasteiger charge is 2.52. The molecule has 3 nitrogen and oxygen atoms in total. The number of benzene rings is 1. The lowest BCUT2D eigenvalue weighted by Gasteiger charge is -2.54. The Balaban J connectivity index is 1.67. The second kappa shape index (κ2) is 5.41. The average molecular weight is 334 g/mol. The maximum absolute atomic E-state index is 12.2. The monoisotopic (exact) mass is 333 g/mol. The Morgan fingerprint density at radius 2 is 2.17 bits per heavy atom. The Morgan fingerprint density at radius 3 is 2.96 bits per heavy atom. The van der Waals surface area contributed by atoms with E-state index < -0.39 is 0 Å². The molecule has 2 unspecified atom stereocenters. The van der Waals surface area contributed by atoms with Gasteiger partial charge >= 0.3 is 0 Å². The predicted molar refractivity (Wildman–Crippen MR) is 90.6 cm³/mol. The molecule has 1 aromatic rings. The Kier molecular flexibility index (Phi) is 3.60. The number of amides is 1. The number of carbonyl (C=O) groups excluding carboxylic acids is 1. The molecule has 1 aliphatic heterocycles. The molecule has 4 heteroatoms. The predicted octanol–water partition coefficient (Wildman–Crippen LogP) is 4.14. The van der Waals surface area contributed by atoms with Crippen LogP contribution in [0.1, 0.15) is 49.7 Å². The van der Waals surface area contributed by atoms with E-state index in [0.717, 1.165) is 18.6 Å². The summed E-state index contributed by atoms with van der Waals surface area (Å²) >= 11 is 6.14. The molecule has 0 bridgehead atoms. The van der Waals surface area contributed by atoms with Crippen molar-refractivity contribution in [3.63, 3.8) is 0 Å². The van der Waals surface area contributed by atoms with E-state index >= 15 is 0 Å². The van der Waals surface area contributed by atoms with Crippen molar-refractivity contribution in [3.8, 4) is 5.75 Å². The lowest BCUT2D eigenvalue weighted by atomic mass is 9.53. The van der Waals surface area contributed by atoms with Gasteiger partial charge in [0.2, 0.25) is 5.91 Å². The first-order valence-electron chi connectivity index (χ1n) is 8.65. The molecule has 4 atom stereocenters. The van der Waals surface area contributed by atoms with Crippen molar-refractivity contribution >= 4 is 17.7 Å². The highest BCUT2D eigenvalue weighted by atomic mass is 35.5. The zero-order valence-electron chi connectivity index (χ0n) is 13.8. The van der Waals surface area contributed by atoms with Crippen molar-refractivity contribution in [1.82, 2.24) is 4.42 Å². The smallest absolute Gasteiger partial charge is 0.237 e. The van der Waals surface area contributed by atoms with Gasteiger partial charge in [-0.1, -0.05) is 13.0 Å². The van der Waals surface area contributed by atoms with Gasteiger partial charge in [0.25, 0.3) is 0 Å². The van der Waals surface area contributed by atoms with Crippen LogP contribution < -0.4 is 4.74 Å². The summed E-state index contributed by atoms with van der Waals surface area (Å²) in [6.07, 6.45) is 5.25. The van der Waals surface area contributed by atoms with Gasteiger partial charge in [0, 0.05) is 24.7 Å². The van der Waals surface area contributed by atoms with E-state index in [9.17, 15) is 4.79 Å². The Hall–Kier alpha value is -1.22. The number of hydrogen-bond acceptors (Lipinski definition) is 2. The van der Waals surface area contributed by atoms with Crippen molar-refractivity contribution in [2.45, 2.75) is 44.9 Å². The number of hydrogen-bond donors (Lipinski definition) is 0.